The van der Waals surface area contributed by atoms with Gasteiger partial charge in [-0.2, -0.15) is 16.6 Å². The van der Waals surface area contributed by atoms with Gasteiger partial charge < -0.3 is 4.74 Å². The minimum Gasteiger partial charge on any atom is -0.443 e. The standard InChI is InChI=1S/C12H16N2O2S/c1-9(10-5-6-17-7-10)14(8-13)11(15)16-12(2,3)4/h5-7,9H,1-4H3. The van der Waals surface area contributed by atoms with Gasteiger partial charge in [0.15, 0.2) is 6.19 Å². The average Bonchev–Trinajstić information content (AvgIpc) is 2.68. The molecule has 0 saturated heterocycles. The molecule has 0 N–H and O–H groups in total. The molecule has 1 aromatic rings. The zero-order valence-electron chi connectivity index (χ0n) is 10.4. The van der Waals surface area contributed by atoms with E-state index in [0.29, 0.717) is 0 Å². The van der Waals surface area contributed by atoms with Gasteiger partial charge in [-0.15, -0.1) is 0 Å². The summed E-state index contributed by atoms with van der Waals surface area (Å²) in [5.74, 6) is 0. The second-order valence-electron chi connectivity index (χ2n) is 4.68. The molecule has 1 heterocycles. The summed E-state index contributed by atoms with van der Waals surface area (Å²) in [7, 11) is 0. The van der Waals surface area contributed by atoms with Crippen molar-refractivity contribution in [3.05, 3.63) is 22.4 Å². The number of rotatable bonds is 2. The van der Waals surface area contributed by atoms with Crippen LogP contribution in [0.1, 0.15) is 39.3 Å². The SMILES string of the molecule is CC(c1ccsc1)N(C#N)C(=O)OC(C)(C)C. The van der Waals surface area contributed by atoms with Gasteiger partial charge in [0.05, 0.1) is 6.04 Å². The highest BCUT2D eigenvalue weighted by molar-refractivity contribution is 7.07. The smallest absolute Gasteiger partial charge is 0.424 e. The number of hydrogen-bond acceptors (Lipinski definition) is 4. The Bertz CT molecular complexity index is 415. The van der Waals surface area contributed by atoms with Crippen LogP contribution in [0.25, 0.3) is 0 Å². The van der Waals surface area contributed by atoms with Crippen molar-refractivity contribution in [2.24, 2.45) is 0 Å². The third kappa shape index (κ3) is 3.75. The van der Waals surface area contributed by atoms with E-state index in [4.69, 9.17) is 10.00 Å². The van der Waals surface area contributed by atoms with Gasteiger partial charge in [0.1, 0.15) is 5.60 Å². The molecule has 1 rings (SSSR count). The highest BCUT2D eigenvalue weighted by Gasteiger charge is 2.27. The van der Waals surface area contributed by atoms with E-state index in [2.05, 4.69) is 0 Å². The predicted molar refractivity (Wildman–Crippen MR) is 66.4 cm³/mol. The maximum atomic E-state index is 11.8. The fourth-order valence-corrected chi connectivity index (χ4v) is 2.01. The summed E-state index contributed by atoms with van der Waals surface area (Å²) < 4.78 is 5.18. The molecular formula is C12H16N2O2S. The lowest BCUT2D eigenvalue weighted by Crippen LogP contribution is -2.35. The maximum absolute atomic E-state index is 11.8. The van der Waals surface area contributed by atoms with Crippen molar-refractivity contribution in [1.82, 2.24) is 4.90 Å². The first kappa shape index (κ1) is 13.5. The number of nitriles is 1. The summed E-state index contributed by atoms with van der Waals surface area (Å²) in [5, 5.41) is 12.9. The third-order valence-corrected chi connectivity index (χ3v) is 2.81. The molecule has 4 nitrogen and oxygen atoms in total. The second-order valence-corrected chi connectivity index (χ2v) is 5.46. The molecule has 0 aliphatic rings. The monoisotopic (exact) mass is 252 g/mol. The van der Waals surface area contributed by atoms with Gasteiger partial charge in [-0.1, -0.05) is 0 Å². The number of nitrogens with zero attached hydrogens (tertiary/aromatic N) is 2. The zero-order chi connectivity index (χ0) is 13.1. The maximum Gasteiger partial charge on any atom is 0.424 e. The molecule has 0 radical (unpaired) electrons. The van der Waals surface area contributed by atoms with Crippen LogP contribution in [0.3, 0.4) is 0 Å². The van der Waals surface area contributed by atoms with Crippen LogP contribution in [0, 0.1) is 11.5 Å². The van der Waals surface area contributed by atoms with Crippen LogP contribution in [-0.2, 0) is 4.74 Å². The largest absolute Gasteiger partial charge is 0.443 e. The van der Waals surface area contributed by atoms with E-state index >= 15 is 0 Å². The minimum absolute atomic E-state index is 0.305. The molecule has 17 heavy (non-hydrogen) atoms. The van der Waals surface area contributed by atoms with E-state index in [0.717, 1.165) is 10.5 Å². The van der Waals surface area contributed by atoms with E-state index in [1.165, 1.54) is 11.3 Å². The van der Waals surface area contributed by atoms with Crippen molar-refractivity contribution in [3.63, 3.8) is 0 Å². The van der Waals surface area contributed by atoms with Crippen molar-refractivity contribution < 1.29 is 9.53 Å². The third-order valence-electron chi connectivity index (χ3n) is 2.11. The molecule has 0 fully saturated rings. The summed E-state index contributed by atoms with van der Waals surface area (Å²) in [5.41, 5.74) is 0.336. The van der Waals surface area contributed by atoms with Gasteiger partial charge in [0, 0.05) is 0 Å². The molecule has 0 bridgehead atoms. The molecule has 5 heteroatoms. The molecule has 1 aromatic heterocycles. The van der Waals surface area contributed by atoms with E-state index in [-0.39, 0.29) is 6.04 Å². The number of thiophene rings is 1. The molecule has 1 unspecified atom stereocenters. The molecule has 0 aliphatic carbocycles. The molecule has 1 atom stereocenters. The molecule has 1 amide bonds. The molecule has 0 spiro atoms. The first-order valence-corrected chi connectivity index (χ1v) is 6.23. The minimum atomic E-state index is -0.612. The van der Waals surface area contributed by atoms with Gasteiger partial charge in [-0.25, -0.2) is 9.69 Å². The van der Waals surface area contributed by atoms with Gasteiger partial charge in [0.25, 0.3) is 0 Å². The van der Waals surface area contributed by atoms with Crippen molar-refractivity contribution in [2.75, 3.05) is 0 Å². The Balaban J connectivity index is 2.79. The lowest BCUT2D eigenvalue weighted by molar-refractivity contribution is 0.0295. The Kier molecular flexibility index (Phi) is 4.13. The fraction of sp³-hybridized carbons (Fsp3) is 0.500. The average molecular weight is 252 g/mol. The van der Waals surface area contributed by atoms with Crippen LogP contribution in [-0.4, -0.2) is 16.6 Å². The number of carbonyl (C=O) groups is 1. The van der Waals surface area contributed by atoms with Crippen molar-refractivity contribution >= 4 is 17.4 Å². The number of hydrogen-bond donors (Lipinski definition) is 0. The van der Waals surface area contributed by atoms with E-state index in [1.54, 1.807) is 27.7 Å². The van der Waals surface area contributed by atoms with Crippen LogP contribution in [0.4, 0.5) is 4.79 Å². The number of ether oxygens (including phenoxy) is 1. The first-order chi connectivity index (χ1) is 7.85. The fourth-order valence-electron chi connectivity index (χ4n) is 1.26. The van der Waals surface area contributed by atoms with E-state index in [1.807, 2.05) is 23.0 Å². The van der Waals surface area contributed by atoms with Crippen LogP contribution < -0.4 is 0 Å². The first-order valence-electron chi connectivity index (χ1n) is 5.29. The van der Waals surface area contributed by atoms with Gasteiger partial charge >= 0.3 is 6.09 Å². The van der Waals surface area contributed by atoms with Gasteiger partial charge in [-0.05, 0) is 50.1 Å². The summed E-state index contributed by atoms with van der Waals surface area (Å²) in [6, 6.07) is 1.59. The Morgan fingerprint density at radius 2 is 2.24 bits per heavy atom. The summed E-state index contributed by atoms with van der Waals surface area (Å²) in [6.07, 6.45) is 1.26. The molecular weight excluding hydrogens is 236 g/mol. The summed E-state index contributed by atoms with van der Waals surface area (Å²) >= 11 is 1.53. The van der Waals surface area contributed by atoms with Crippen molar-refractivity contribution in [3.8, 4) is 6.19 Å². The van der Waals surface area contributed by atoms with Crippen molar-refractivity contribution in [1.29, 1.82) is 5.26 Å². The Morgan fingerprint density at radius 3 is 2.65 bits per heavy atom. The van der Waals surface area contributed by atoms with Crippen LogP contribution in [0.2, 0.25) is 0 Å². The quantitative estimate of drug-likeness (QED) is 0.597. The van der Waals surface area contributed by atoms with Gasteiger partial charge in [-0.3, -0.25) is 0 Å². The molecule has 0 aromatic carbocycles. The summed E-state index contributed by atoms with van der Waals surface area (Å²) in [6.45, 7) is 7.12. The normalized spacial score (nSPS) is 12.6. The Morgan fingerprint density at radius 1 is 1.59 bits per heavy atom. The topological polar surface area (TPSA) is 53.3 Å². The number of carbonyl (C=O) groups excluding carboxylic acids is 1. The van der Waals surface area contributed by atoms with Gasteiger partial charge in [0.2, 0.25) is 0 Å². The Hall–Kier alpha value is -1.54. The number of amides is 1. The highest BCUT2D eigenvalue weighted by Crippen LogP contribution is 2.23. The summed E-state index contributed by atoms with van der Waals surface area (Å²) in [4.78, 5) is 12.9. The van der Waals surface area contributed by atoms with Crippen LogP contribution in [0.15, 0.2) is 16.8 Å². The zero-order valence-corrected chi connectivity index (χ0v) is 11.2. The van der Waals surface area contributed by atoms with Crippen LogP contribution >= 0.6 is 11.3 Å². The van der Waals surface area contributed by atoms with Crippen molar-refractivity contribution in [2.45, 2.75) is 39.3 Å². The molecule has 92 valence electrons. The van der Waals surface area contributed by atoms with E-state index in [9.17, 15) is 4.79 Å². The van der Waals surface area contributed by atoms with Crippen LogP contribution in [0.5, 0.6) is 0 Å². The highest BCUT2D eigenvalue weighted by atomic mass is 32.1. The second kappa shape index (κ2) is 5.19. The Labute approximate surface area is 105 Å². The molecule has 0 aliphatic heterocycles. The molecule has 0 saturated carbocycles. The predicted octanol–water partition coefficient (Wildman–Crippen LogP) is 3.53. The lowest BCUT2D eigenvalue weighted by Gasteiger charge is -2.26. The van der Waals surface area contributed by atoms with E-state index < -0.39 is 11.7 Å². The lowest BCUT2D eigenvalue weighted by atomic mass is 10.1.